The summed E-state index contributed by atoms with van der Waals surface area (Å²) in [4.78, 5) is 4.88. The van der Waals surface area contributed by atoms with Crippen LogP contribution in [0.1, 0.15) is 18.4 Å². The van der Waals surface area contributed by atoms with Gasteiger partial charge in [-0.25, -0.2) is 0 Å². The minimum atomic E-state index is 0.150. The van der Waals surface area contributed by atoms with Crippen LogP contribution in [0.25, 0.3) is 0 Å². The molecule has 3 rings (SSSR count). The number of amidine groups is 1. The second-order valence-electron chi connectivity index (χ2n) is 5.37. The van der Waals surface area contributed by atoms with Crippen molar-refractivity contribution in [3.8, 4) is 0 Å². The minimum Gasteiger partial charge on any atom is -0.409 e. The van der Waals surface area contributed by atoms with Crippen molar-refractivity contribution in [2.75, 3.05) is 31.1 Å². The SMILES string of the molecule is N/C(=N/O)c1c(Br)cccc1N1CCN(C2CC2)CC1. The fourth-order valence-electron chi connectivity index (χ4n) is 2.85. The van der Waals surface area contributed by atoms with Crippen LogP contribution in [0.5, 0.6) is 0 Å². The van der Waals surface area contributed by atoms with Crippen molar-refractivity contribution < 1.29 is 5.21 Å². The van der Waals surface area contributed by atoms with Crippen LogP contribution in [0.2, 0.25) is 0 Å². The highest BCUT2D eigenvalue weighted by Crippen LogP contribution is 2.31. The molecule has 2 fully saturated rings. The van der Waals surface area contributed by atoms with E-state index in [9.17, 15) is 0 Å². The second-order valence-corrected chi connectivity index (χ2v) is 6.23. The molecule has 1 saturated heterocycles. The Balaban J connectivity index is 1.81. The first kappa shape index (κ1) is 13.7. The van der Waals surface area contributed by atoms with Gasteiger partial charge in [-0.15, -0.1) is 0 Å². The average Bonchev–Trinajstić information content (AvgIpc) is 3.31. The Morgan fingerprint density at radius 1 is 1.25 bits per heavy atom. The van der Waals surface area contributed by atoms with E-state index < -0.39 is 0 Å². The molecule has 2 aliphatic rings. The predicted octanol–water partition coefficient (Wildman–Crippen LogP) is 1.83. The Kier molecular flexibility index (Phi) is 3.85. The smallest absolute Gasteiger partial charge is 0.173 e. The van der Waals surface area contributed by atoms with Gasteiger partial charge in [-0.1, -0.05) is 11.2 Å². The van der Waals surface area contributed by atoms with Crippen LogP contribution in [0.4, 0.5) is 5.69 Å². The standard InChI is InChI=1S/C14H19BrN4O/c15-11-2-1-3-12(13(11)14(16)17-20)19-8-6-18(7-9-19)10-4-5-10/h1-3,10,20H,4-9H2,(H2,16,17). The third-order valence-electron chi connectivity index (χ3n) is 4.07. The number of nitrogens with zero attached hydrogens (tertiary/aromatic N) is 3. The van der Waals surface area contributed by atoms with Crippen molar-refractivity contribution in [3.05, 3.63) is 28.2 Å². The molecule has 0 radical (unpaired) electrons. The summed E-state index contributed by atoms with van der Waals surface area (Å²) in [6, 6.07) is 6.76. The van der Waals surface area contributed by atoms with Crippen molar-refractivity contribution in [2.24, 2.45) is 10.9 Å². The van der Waals surface area contributed by atoms with Crippen molar-refractivity contribution >= 4 is 27.5 Å². The van der Waals surface area contributed by atoms with E-state index in [-0.39, 0.29) is 5.84 Å². The van der Waals surface area contributed by atoms with E-state index in [0.717, 1.165) is 47.9 Å². The molecular formula is C14H19BrN4O. The van der Waals surface area contributed by atoms with Gasteiger partial charge in [-0.05, 0) is 40.9 Å². The Hall–Kier alpha value is -1.27. The zero-order valence-corrected chi connectivity index (χ0v) is 12.9. The van der Waals surface area contributed by atoms with Crippen molar-refractivity contribution in [3.63, 3.8) is 0 Å². The van der Waals surface area contributed by atoms with E-state index in [2.05, 4.69) is 30.9 Å². The largest absolute Gasteiger partial charge is 0.409 e. The Labute approximate surface area is 127 Å². The van der Waals surface area contributed by atoms with Gasteiger partial charge in [0, 0.05) is 42.4 Å². The molecule has 0 bridgehead atoms. The van der Waals surface area contributed by atoms with Gasteiger partial charge in [-0.2, -0.15) is 0 Å². The number of oxime groups is 1. The molecule has 0 atom stereocenters. The lowest BCUT2D eigenvalue weighted by Gasteiger charge is -2.37. The molecule has 1 saturated carbocycles. The molecule has 5 nitrogen and oxygen atoms in total. The number of piperazine rings is 1. The first-order valence-corrected chi connectivity index (χ1v) is 7.75. The van der Waals surface area contributed by atoms with Crippen molar-refractivity contribution in [1.82, 2.24) is 4.90 Å². The highest BCUT2D eigenvalue weighted by molar-refractivity contribution is 9.10. The van der Waals surface area contributed by atoms with Crippen LogP contribution in [0, 0.1) is 0 Å². The quantitative estimate of drug-likeness (QED) is 0.382. The maximum Gasteiger partial charge on any atom is 0.173 e. The van der Waals surface area contributed by atoms with E-state index in [4.69, 9.17) is 10.9 Å². The third kappa shape index (κ3) is 2.62. The van der Waals surface area contributed by atoms with Crippen LogP contribution >= 0.6 is 15.9 Å². The molecule has 1 aromatic carbocycles. The minimum absolute atomic E-state index is 0.150. The normalized spacial score (nSPS) is 21.2. The molecule has 1 aromatic rings. The summed E-state index contributed by atoms with van der Waals surface area (Å²) in [6.07, 6.45) is 2.71. The lowest BCUT2D eigenvalue weighted by atomic mass is 10.1. The van der Waals surface area contributed by atoms with E-state index in [0.29, 0.717) is 0 Å². The topological polar surface area (TPSA) is 65.1 Å². The summed E-state index contributed by atoms with van der Waals surface area (Å²) in [6.45, 7) is 4.15. The molecule has 0 aromatic heterocycles. The average molecular weight is 339 g/mol. The summed E-state index contributed by atoms with van der Waals surface area (Å²) < 4.78 is 0.856. The molecule has 0 spiro atoms. The van der Waals surface area contributed by atoms with Crippen LogP contribution < -0.4 is 10.6 Å². The maximum atomic E-state index is 8.97. The van der Waals surface area contributed by atoms with Crippen LogP contribution in [-0.2, 0) is 0 Å². The number of nitrogens with two attached hydrogens (primary N) is 1. The summed E-state index contributed by atoms with van der Waals surface area (Å²) in [7, 11) is 0. The highest BCUT2D eigenvalue weighted by atomic mass is 79.9. The summed E-state index contributed by atoms with van der Waals surface area (Å²) in [5.41, 5.74) is 7.63. The van der Waals surface area contributed by atoms with Gasteiger partial charge in [0.25, 0.3) is 0 Å². The number of anilines is 1. The van der Waals surface area contributed by atoms with Gasteiger partial charge in [-0.3, -0.25) is 4.90 Å². The predicted molar refractivity (Wildman–Crippen MR) is 83.5 cm³/mol. The van der Waals surface area contributed by atoms with Gasteiger partial charge >= 0.3 is 0 Å². The Morgan fingerprint density at radius 3 is 2.55 bits per heavy atom. The molecule has 3 N–H and O–H groups in total. The molecular weight excluding hydrogens is 320 g/mol. The van der Waals surface area contributed by atoms with E-state index in [1.54, 1.807) is 0 Å². The van der Waals surface area contributed by atoms with Crippen molar-refractivity contribution in [2.45, 2.75) is 18.9 Å². The number of rotatable bonds is 3. The summed E-state index contributed by atoms with van der Waals surface area (Å²) >= 11 is 3.49. The lowest BCUT2D eigenvalue weighted by molar-refractivity contribution is 0.248. The van der Waals surface area contributed by atoms with Crippen LogP contribution in [0.15, 0.2) is 27.8 Å². The van der Waals surface area contributed by atoms with E-state index in [1.165, 1.54) is 12.8 Å². The number of halogens is 1. The molecule has 1 heterocycles. The van der Waals surface area contributed by atoms with Gasteiger partial charge < -0.3 is 15.8 Å². The fourth-order valence-corrected chi connectivity index (χ4v) is 3.41. The lowest BCUT2D eigenvalue weighted by Crippen LogP contribution is -2.47. The number of benzene rings is 1. The maximum absolute atomic E-state index is 8.97. The molecule has 0 amide bonds. The Bertz CT molecular complexity index is 522. The third-order valence-corrected chi connectivity index (χ3v) is 4.73. The zero-order valence-electron chi connectivity index (χ0n) is 11.3. The molecule has 1 aliphatic heterocycles. The molecule has 0 unspecified atom stereocenters. The van der Waals surface area contributed by atoms with Gasteiger partial charge in [0.2, 0.25) is 0 Å². The van der Waals surface area contributed by atoms with Gasteiger partial charge in [0.1, 0.15) is 0 Å². The monoisotopic (exact) mass is 338 g/mol. The highest BCUT2D eigenvalue weighted by Gasteiger charge is 2.31. The molecule has 1 aliphatic carbocycles. The molecule has 108 valence electrons. The van der Waals surface area contributed by atoms with Crippen molar-refractivity contribution in [1.29, 1.82) is 0 Å². The van der Waals surface area contributed by atoms with E-state index in [1.807, 2.05) is 18.2 Å². The molecule has 20 heavy (non-hydrogen) atoms. The zero-order chi connectivity index (χ0) is 14.1. The van der Waals surface area contributed by atoms with Gasteiger partial charge in [0.15, 0.2) is 5.84 Å². The number of hydrogen-bond acceptors (Lipinski definition) is 4. The van der Waals surface area contributed by atoms with E-state index >= 15 is 0 Å². The van der Waals surface area contributed by atoms with Crippen LogP contribution in [0.3, 0.4) is 0 Å². The molecule has 6 heteroatoms. The fraction of sp³-hybridized carbons (Fsp3) is 0.500. The Morgan fingerprint density at radius 2 is 1.95 bits per heavy atom. The van der Waals surface area contributed by atoms with Crippen LogP contribution in [-0.4, -0.2) is 48.2 Å². The first-order chi connectivity index (χ1) is 9.70. The number of hydrogen-bond donors (Lipinski definition) is 2. The summed E-state index contributed by atoms with van der Waals surface area (Å²) in [5.74, 6) is 0.150. The second kappa shape index (κ2) is 5.61. The summed E-state index contributed by atoms with van der Waals surface area (Å²) in [5, 5.41) is 12.1. The first-order valence-electron chi connectivity index (χ1n) is 6.96. The van der Waals surface area contributed by atoms with Gasteiger partial charge in [0.05, 0.1) is 5.56 Å².